The van der Waals surface area contributed by atoms with Crippen LogP contribution in [0.25, 0.3) is 0 Å². The lowest BCUT2D eigenvalue weighted by Crippen LogP contribution is -2.57. The number of esters is 1. The molecule has 37 heavy (non-hydrogen) atoms. The minimum absolute atomic E-state index is 0.110. The lowest BCUT2D eigenvalue weighted by molar-refractivity contribution is -0.156. The molecule has 2 unspecified atom stereocenters. The molecule has 0 aliphatic carbocycles. The number of hydrogen-bond donors (Lipinski definition) is 1. The zero-order valence-electron chi connectivity index (χ0n) is 22.0. The highest BCUT2D eigenvalue weighted by Gasteiger charge is 2.78. The van der Waals surface area contributed by atoms with E-state index in [4.69, 9.17) is 4.74 Å². The second kappa shape index (κ2) is 10.7. The van der Waals surface area contributed by atoms with Crippen molar-refractivity contribution in [2.75, 3.05) is 19.8 Å². The van der Waals surface area contributed by atoms with Crippen LogP contribution in [-0.2, 0) is 19.1 Å². The van der Waals surface area contributed by atoms with Gasteiger partial charge in [-0.2, -0.15) is 0 Å². The topological polar surface area (TPSA) is 87.1 Å². The first-order chi connectivity index (χ1) is 17.7. The van der Waals surface area contributed by atoms with Crippen LogP contribution < -0.4 is 0 Å². The molecule has 4 rings (SSSR count). The van der Waals surface area contributed by atoms with Gasteiger partial charge in [-0.1, -0.05) is 42.5 Å². The summed E-state index contributed by atoms with van der Waals surface area (Å²) in [4.78, 5) is 45.5. The molecule has 1 aromatic rings. The molecule has 3 saturated heterocycles. The number of carbonyl (C=O) groups excluding carboxylic acids is 3. The quantitative estimate of drug-likeness (QED) is 0.269. The van der Waals surface area contributed by atoms with Gasteiger partial charge in [0.15, 0.2) is 0 Å². The Bertz CT molecular complexity index is 1060. The standard InChI is InChI=1S/C29H38N2O5S/c1-6-8-17-36-27(35)23-22-25(33)31(21(18-32)20-12-10-9-11-13-20)24(26(34)30(16-7-2)19(3)4)29(22)15-14-28(23,5)37-29/h6-7,9-13,19,21-24,32H,1-2,8,14-18H2,3-5H3/t21-,22+,23-,24?,28+,29?/m1/s1. The van der Waals surface area contributed by atoms with Gasteiger partial charge in [0.25, 0.3) is 0 Å². The maximum atomic E-state index is 14.4. The monoisotopic (exact) mass is 526 g/mol. The Morgan fingerprint density at radius 3 is 2.54 bits per heavy atom. The minimum Gasteiger partial charge on any atom is -0.465 e. The lowest BCUT2D eigenvalue weighted by Gasteiger charge is -2.40. The molecule has 1 spiro atoms. The predicted molar refractivity (Wildman–Crippen MR) is 145 cm³/mol. The molecule has 2 amide bonds. The Morgan fingerprint density at radius 2 is 1.95 bits per heavy atom. The van der Waals surface area contributed by atoms with Crippen molar-refractivity contribution >= 4 is 29.5 Å². The SMILES string of the molecule is C=CCCOC(=O)[C@H]1[C@H]2C(=O)N([C@H](CO)c3ccccc3)C(C(=O)N(CC=C)C(C)C)C23CC[C@]1(C)S3. The van der Waals surface area contributed by atoms with Crippen molar-refractivity contribution in [3.05, 3.63) is 61.2 Å². The van der Waals surface area contributed by atoms with Crippen molar-refractivity contribution < 1.29 is 24.2 Å². The molecule has 3 aliphatic rings. The lowest BCUT2D eigenvalue weighted by atomic mass is 9.66. The van der Waals surface area contributed by atoms with E-state index in [2.05, 4.69) is 13.2 Å². The van der Waals surface area contributed by atoms with Crippen LogP contribution >= 0.6 is 11.8 Å². The molecule has 0 aromatic heterocycles. The zero-order valence-corrected chi connectivity index (χ0v) is 22.8. The van der Waals surface area contributed by atoms with E-state index in [1.807, 2.05) is 51.1 Å². The number of hydrogen-bond acceptors (Lipinski definition) is 6. The van der Waals surface area contributed by atoms with Gasteiger partial charge in [0.1, 0.15) is 6.04 Å². The predicted octanol–water partition coefficient (Wildman–Crippen LogP) is 3.74. The average Bonchev–Trinajstić information content (AvgIpc) is 3.44. The summed E-state index contributed by atoms with van der Waals surface area (Å²) in [6.07, 6.45) is 5.26. The number of thioether (sulfide) groups is 1. The molecule has 3 heterocycles. The van der Waals surface area contributed by atoms with Crippen molar-refractivity contribution in [3.8, 4) is 0 Å². The van der Waals surface area contributed by atoms with E-state index in [0.717, 1.165) is 5.56 Å². The molecular formula is C29H38N2O5S. The molecule has 1 aromatic carbocycles. The summed E-state index contributed by atoms with van der Waals surface area (Å²) >= 11 is 1.60. The summed E-state index contributed by atoms with van der Waals surface area (Å²) in [6, 6.07) is 7.67. The highest BCUT2D eigenvalue weighted by Crippen LogP contribution is 2.72. The van der Waals surface area contributed by atoms with E-state index in [0.29, 0.717) is 25.8 Å². The van der Waals surface area contributed by atoms with Crippen LogP contribution in [0.3, 0.4) is 0 Å². The van der Waals surface area contributed by atoms with Gasteiger partial charge in [-0.05, 0) is 45.6 Å². The molecule has 2 bridgehead atoms. The van der Waals surface area contributed by atoms with Gasteiger partial charge >= 0.3 is 5.97 Å². The van der Waals surface area contributed by atoms with Crippen LogP contribution in [0, 0.1) is 11.8 Å². The van der Waals surface area contributed by atoms with Crippen molar-refractivity contribution in [2.24, 2.45) is 11.8 Å². The molecular weight excluding hydrogens is 488 g/mol. The first kappa shape index (κ1) is 27.5. The zero-order chi connectivity index (χ0) is 27.0. The number of ether oxygens (including phenoxy) is 1. The van der Waals surface area contributed by atoms with Gasteiger partial charge in [0.2, 0.25) is 11.8 Å². The molecule has 0 radical (unpaired) electrons. The average molecular weight is 527 g/mol. The molecule has 3 fully saturated rings. The Kier molecular flexibility index (Phi) is 7.91. The fourth-order valence-electron chi connectivity index (χ4n) is 6.55. The van der Waals surface area contributed by atoms with Crippen molar-refractivity contribution in [1.29, 1.82) is 0 Å². The van der Waals surface area contributed by atoms with Gasteiger partial charge in [-0.25, -0.2) is 0 Å². The number of rotatable bonds is 11. The van der Waals surface area contributed by atoms with Crippen LogP contribution in [0.15, 0.2) is 55.6 Å². The molecule has 8 heteroatoms. The number of aliphatic hydroxyl groups excluding tert-OH is 1. The van der Waals surface area contributed by atoms with E-state index < -0.39 is 39.4 Å². The number of likely N-dealkylation sites (tertiary alicyclic amines) is 1. The Morgan fingerprint density at radius 1 is 1.24 bits per heavy atom. The molecule has 7 nitrogen and oxygen atoms in total. The Balaban J connectivity index is 1.83. The number of benzene rings is 1. The second-order valence-electron chi connectivity index (χ2n) is 10.7. The molecule has 0 saturated carbocycles. The Labute approximate surface area is 223 Å². The van der Waals surface area contributed by atoms with E-state index in [-0.39, 0.29) is 31.1 Å². The van der Waals surface area contributed by atoms with Crippen LogP contribution in [0.5, 0.6) is 0 Å². The van der Waals surface area contributed by atoms with E-state index in [1.165, 1.54) is 0 Å². The van der Waals surface area contributed by atoms with Gasteiger partial charge in [0, 0.05) is 17.3 Å². The minimum atomic E-state index is -0.817. The van der Waals surface area contributed by atoms with Gasteiger partial charge in [-0.15, -0.1) is 24.9 Å². The number of nitrogens with zero attached hydrogens (tertiary/aromatic N) is 2. The normalized spacial score (nSPS) is 30.8. The largest absolute Gasteiger partial charge is 0.465 e. The van der Waals surface area contributed by atoms with Crippen LogP contribution in [-0.4, -0.2) is 74.0 Å². The van der Waals surface area contributed by atoms with Gasteiger partial charge in [-0.3, -0.25) is 14.4 Å². The third-order valence-corrected chi connectivity index (χ3v) is 10.2. The fraction of sp³-hybridized carbons (Fsp3) is 0.552. The highest BCUT2D eigenvalue weighted by atomic mass is 32.2. The first-order valence-electron chi connectivity index (χ1n) is 13.0. The van der Waals surface area contributed by atoms with Crippen LogP contribution in [0.2, 0.25) is 0 Å². The molecule has 3 aliphatic heterocycles. The van der Waals surface area contributed by atoms with E-state index in [9.17, 15) is 19.5 Å². The maximum absolute atomic E-state index is 14.4. The number of aliphatic hydroxyl groups is 1. The molecule has 200 valence electrons. The van der Waals surface area contributed by atoms with Gasteiger partial charge in [0.05, 0.1) is 35.8 Å². The summed E-state index contributed by atoms with van der Waals surface area (Å²) in [5, 5.41) is 10.6. The van der Waals surface area contributed by atoms with Crippen molar-refractivity contribution in [2.45, 2.75) is 67.7 Å². The summed E-state index contributed by atoms with van der Waals surface area (Å²) in [5.41, 5.74) is 0.753. The van der Waals surface area contributed by atoms with E-state index in [1.54, 1.807) is 33.7 Å². The maximum Gasteiger partial charge on any atom is 0.311 e. The summed E-state index contributed by atoms with van der Waals surface area (Å²) < 4.78 is 4.33. The third kappa shape index (κ3) is 4.42. The number of fused-ring (bicyclic) bond motifs is 1. The summed E-state index contributed by atoms with van der Waals surface area (Å²) in [5.74, 6) is -2.18. The van der Waals surface area contributed by atoms with Crippen LogP contribution in [0.1, 0.15) is 51.6 Å². The fourth-order valence-corrected chi connectivity index (χ4v) is 8.88. The number of amides is 2. The summed E-state index contributed by atoms with van der Waals surface area (Å²) in [7, 11) is 0. The first-order valence-corrected chi connectivity index (χ1v) is 13.9. The van der Waals surface area contributed by atoms with E-state index >= 15 is 0 Å². The molecule has 6 atom stereocenters. The highest BCUT2D eigenvalue weighted by molar-refractivity contribution is 8.02. The Hall–Kier alpha value is -2.58. The van der Waals surface area contributed by atoms with Crippen LogP contribution in [0.4, 0.5) is 0 Å². The third-order valence-electron chi connectivity index (χ3n) is 8.19. The molecule has 1 N–H and O–H groups in total. The number of carbonyl (C=O) groups is 3. The smallest absolute Gasteiger partial charge is 0.311 e. The van der Waals surface area contributed by atoms with Crippen molar-refractivity contribution in [3.63, 3.8) is 0 Å². The van der Waals surface area contributed by atoms with Crippen molar-refractivity contribution in [1.82, 2.24) is 9.80 Å². The van der Waals surface area contributed by atoms with Gasteiger partial charge < -0.3 is 19.6 Å². The summed E-state index contributed by atoms with van der Waals surface area (Å²) in [6.45, 7) is 13.7. The second-order valence-corrected chi connectivity index (χ2v) is 12.6.